The van der Waals surface area contributed by atoms with Gasteiger partial charge in [-0.25, -0.2) is 4.99 Å². The lowest BCUT2D eigenvalue weighted by molar-refractivity contribution is -0.114. The van der Waals surface area contributed by atoms with Gasteiger partial charge < -0.3 is 20.3 Å². The van der Waals surface area contributed by atoms with Crippen LogP contribution in [0.25, 0.3) is 0 Å². The Hall–Kier alpha value is -2.50. The van der Waals surface area contributed by atoms with Crippen LogP contribution < -0.4 is 15.4 Å². The van der Waals surface area contributed by atoms with Crippen LogP contribution in [0.4, 0.5) is 5.69 Å². The smallest absolute Gasteiger partial charge is 0.221 e. The lowest BCUT2D eigenvalue weighted by Gasteiger charge is -2.22. The Balaban J connectivity index is 2.87. The molecule has 2 N–H and O–H groups in total. The lowest BCUT2D eigenvalue weighted by atomic mass is 10.2. The van der Waals surface area contributed by atoms with Crippen LogP contribution in [0.5, 0.6) is 5.75 Å². The minimum absolute atomic E-state index is 0.130. The van der Waals surface area contributed by atoms with Crippen LogP contribution >= 0.6 is 0 Å². The molecule has 25 heavy (non-hydrogen) atoms. The van der Waals surface area contributed by atoms with Crippen LogP contribution in [-0.2, 0) is 11.3 Å². The highest BCUT2D eigenvalue weighted by atomic mass is 16.5. The Morgan fingerprint density at radius 3 is 2.80 bits per heavy atom. The summed E-state index contributed by atoms with van der Waals surface area (Å²) in [6.07, 6.45) is 3.96. The average molecular weight is 346 g/mol. The number of ether oxygens (including phenoxy) is 1. The highest BCUT2D eigenvalue weighted by molar-refractivity contribution is 5.90. The second kappa shape index (κ2) is 11.1. The number of anilines is 1. The summed E-state index contributed by atoms with van der Waals surface area (Å²) in [4.78, 5) is 18.1. The fourth-order valence-electron chi connectivity index (χ4n) is 2.36. The molecular formula is C19H30N4O2. The molecule has 0 radical (unpaired) electrons. The van der Waals surface area contributed by atoms with Gasteiger partial charge in [0.1, 0.15) is 5.75 Å². The Morgan fingerprint density at radius 2 is 2.20 bits per heavy atom. The van der Waals surface area contributed by atoms with Crippen molar-refractivity contribution in [3.8, 4) is 5.75 Å². The first-order valence-corrected chi connectivity index (χ1v) is 8.56. The third-order valence-electron chi connectivity index (χ3n) is 3.58. The maximum atomic E-state index is 11.3. The molecule has 0 saturated carbocycles. The summed E-state index contributed by atoms with van der Waals surface area (Å²) >= 11 is 0. The minimum Gasteiger partial charge on any atom is -0.495 e. The van der Waals surface area contributed by atoms with E-state index >= 15 is 0 Å². The van der Waals surface area contributed by atoms with Crippen molar-refractivity contribution in [2.24, 2.45) is 4.99 Å². The largest absolute Gasteiger partial charge is 0.495 e. The molecule has 0 saturated heterocycles. The van der Waals surface area contributed by atoms with E-state index in [9.17, 15) is 4.79 Å². The first-order chi connectivity index (χ1) is 12.0. The number of unbranched alkanes of at least 4 members (excludes halogenated alkanes) is 1. The SMILES string of the molecule is C=CCCCN(C)C(=NCc1ccc(OC)c(NC(C)=O)c1)NCC. The second-order valence-corrected chi connectivity index (χ2v) is 5.74. The highest BCUT2D eigenvalue weighted by Crippen LogP contribution is 2.25. The topological polar surface area (TPSA) is 66.0 Å². The third kappa shape index (κ3) is 7.28. The first kappa shape index (κ1) is 20.5. The van der Waals surface area contributed by atoms with Crippen molar-refractivity contribution in [3.05, 3.63) is 36.4 Å². The molecule has 0 bridgehead atoms. The molecule has 6 heteroatoms. The Bertz CT molecular complexity index is 599. The quantitative estimate of drug-likeness (QED) is 0.312. The molecule has 0 fully saturated rings. The molecule has 0 aliphatic rings. The third-order valence-corrected chi connectivity index (χ3v) is 3.58. The molecule has 0 heterocycles. The molecule has 1 aromatic carbocycles. The molecule has 1 amide bonds. The monoisotopic (exact) mass is 346 g/mol. The molecule has 1 aromatic rings. The van der Waals surface area contributed by atoms with Gasteiger partial charge >= 0.3 is 0 Å². The molecule has 138 valence electrons. The number of hydrogen-bond acceptors (Lipinski definition) is 3. The normalized spacial score (nSPS) is 11.0. The Morgan fingerprint density at radius 1 is 1.44 bits per heavy atom. The maximum absolute atomic E-state index is 11.3. The van der Waals surface area contributed by atoms with Gasteiger partial charge in [0.15, 0.2) is 5.96 Å². The Labute approximate surface area is 151 Å². The molecule has 1 rings (SSSR count). The van der Waals surface area contributed by atoms with Crippen LogP contribution in [-0.4, -0.2) is 44.0 Å². The van der Waals surface area contributed by atoms with E-state index in [1.165, 1.54) is 6.92 Å². The summed E-state index contributed by atoms with van der Waals surface area (Å²) in [6, 6.07) is 5.69. The van der Waals surface area contributed by atoms with Crippen LogP contribution in [0.15, 0.2) is 35.8 Å². The van der Waals surface area contributed by atoms with E-state index in [1.54, 1.807) is 7.11 Å². The van der Waals surface area contributed by atoms with E-state index in [1.807, 2.05) is 31.3 Å². The van der Waals surface area contributed by atoms with Crippen LogP contribution in [0.1, 0.15) is 32.3 Å². The minimum atomic E-state index is -0.130. The molecule has 0 aliphatic carbocycles. The predicted octanol–water partition coefficient (Wildman–Crippen LogP) is 3.02. The number of benzene rings is 1. The zero-order valence-corrected chi connectivity index (χ0v) is 15.8. The van der Waals surface area contributed by atoms with Crippen LogP contribution in [0, 0.1) is 0 Å². The first-order valence-electron chi connectivity index (χ1n) is 8.56. The number of allylic oxidation sites excluding steroid dienone is 1. The van der Waals surface area contributed by atoms with Crippen molar-refractivity contribution in [2.75, 3.05) is 32.6 Å². The molecular weight excluding hydrogens is 316 g/mol. The predicted molar refractivity (Wildman–Crippen MR) is 104 cm³/mol. The van der Waals surface area contributed by atoms with Crippen molar-refractivity contribution in [3.63, 3.8) is 0 Å². The number of aliphatic imine (C=N–C) groups is 1. The molecule has 0 aliphatic heterocycles. The molecule has 0 aromatic heterocycles. The average Bonchev–Trinajstić information content (AvgIpc) is 2.58. The van der Waals surface area contributed by atoms with Crippen molar-refractivity contribution < 1.29 is 9.53 Å². The van der Waals surface area contributed by atoms with Gasteiger partial charge in [0.2, 0.25) is 5.91 Å². The van der Waals surface area contributed by atoms with Gasteiger partial charge in [-0.3, -0.25) is 4.79 Å². The number of guanidine groups is 1. The summed E-state index contributed by atoms with van der Waals surface area (Å²) < 4.78 is 5.28. The Kier molecular flexibility index (Phi) is 9.14. The van der Waals surface area contributed by atoms with Gasteiger partial charge in [0.25, 0.3) is 0 Å². The van der Waals surface area contributed by atoms with E-state index in [0.29, 0.717) is 18.0 Å². The number of carbonyl (C=O) groups excluding carboxylic acids is 1. The number of nitrogens with zero attached hydrogens (tertiary/aromatic N) is 2. The highest BCUT2D eigenvalue weighted by Gasteiger charge is 2.08. The van der Waals surface area contributed by atoms with Gasteiger partial charge in [0.05, 0.1) is 19.3 Å². The van der Waals surface area contributed by atoms with Gasteiger partial charge in [-0.2, -0.15) is 0 Å². The van der Waals surface area contributed by atoms with E-state index < -0.39 is 0 Å². The summed E-state index contributed by atoms with van der Waals surface area (Å²) in [5.74, 6) is 1.37. The van der Waals surface area contributed by atoms with Gasteiger partial charge in [-0.05, 0) is 37.5 Å². The lowest BCUT2D eigenvalue weighted by Crippen LogP contribution is -2.39. The summed E-state index contributed by atoms with van der Waals surface area (Å²) in [5.41, 5.74) is 1.66. The van der Waals surface area contributed by atoms with Crippen molar-refractivity contribution in [2.45, 2.75) is 33.2 Å². The van der Waals surface area contributed by atoms with Crippen molar-refractivity contribution >= 4 is 17.6 Å². The number of hydrogen-bond donors (Lipinski definition) is 2. The number of amides is 1. The standard InChI is InChI=1S/C19H30N4O2/c1-6-8-9-12-23(4)19(20-7-2)21-14-16-10-11-18(25-5)17(13-16)22-15(3)24/h6,10-11,13H,1,7-9,12,14H2,2-5H3,(H,20,21)(H,22,24). The number of carbonyl (C=O) groups is 1. The molecule has 6 nitrogen and oxygen atoms in total. The molecule has 0 atom stereocenters. The number of rotatable bonds is 9. The van der Waals surface area contributed by atoms with Crippen LogP contribution in [0.2, 0.25) is 0 Å². The van der Waals surface area contributed by atoms with Gasteiger partial charge in [-0.1, -0.05) is 12.1 Å². The maximum Gasteiger partial charge on any atom is 0.221 e. The van der Waals surface area contributed by atoms with Gasteiger partial charge in [0, 0.05) is 27.1 Å². The van der Waals surface area contributed by atoms with Crippen molar-refractivity contribution in [1.82, 2.24) is 10.2 Å². The van der Waals surface area contributed by atoms with Crippen LogP contribution in [0.3, 0.4) is 0 Å². The summed E-state index contributed by atoms with van der Waals surface area (Å²) in [5, 5.41) is 6.09. The van der Waals surface area contributed by atoms with Gasteiger partial charge in [-0.15, -0.1) is 6.58 Å². The fraction of sp³-hybridized carbons (Fsp3) is 0.474. The van der Waals surface area contributed by atoms with E-state index in [4.69, 9.17) is 9.73 Å². The molecule has 0 spiro atoms. The van der Waals surface area contributed by atoms with E-state index in [2.05, 4.69) is 29.0 Å². The molecule has 0 unspecified atom stereocenters. The summed E-state index contributed by atoms with van der Waals surface area (Å²) in [6.45, 7) is 9.52. The number of nitrogens with one attached hydrogen (secondary N) is 2. The van der Waals surface area contributed by atoms with Crippen molar-refractivity contribution in [1.29, 1.82) is 0 Å². The van der Waals surface area contributed by atoms with E-state index in [-0.39, 0.29) is 5.91 Å². The fourth-order valence-corrected chi connectivity index (χ4v) is 2.36. The van der Waals surface area contributed by atoms with E-state index in [0.717, 1.165) is 37.5 Å². The number of methoxy groups -OCH3 is 1. The summed E-state index contributed by atoms with van der Waals surface area (Å²) in [7, 11) is 3.61. The zero-order valence-electron chi connectivity index (χ0n) is 15.8. The zero-order chi connectivity index (χ0) is 18.7. The second-order valence-electron chi connectivity index (χ2n) is 5.74.